The number of hydrogen-bond donors (Lipinski definition) is 2. The molecule has 0 saturated carbocycles. The second-order valence-electron chi connectivity index (χ2n) is 7.27. The molecule has 1 heterocycles. The Hall–Kier alpha value is -2.89. The van der Waals surface area contributed by atoms with E-state index < -0.39 is 0 Å². The first-order chi connectivity index (χ1) is 14.2. The van der Waals surface area contributed by atoms with Crippen LogP contribution in [0.1, 0.15) is 18.4 Å². The van der Waals surface area contributed by atoms with Crippen LogP contribution in [0, 0.1) is 0 Å². The maximum atomic E-state index is 12.0. The summed E-state index contributed by atoms with van der Waals surface area (Å²) in [5.41, 5.74) is 2.94. The summed E-state index contributed by atoms with van der Waals surface area (Å²) in [5, 5.41) is 14.6. The van der Waals surface area contributed by atoms with Crippen LogP contribution in [-0.2, 0) is 16.1 Å². The van der Waals surface area contributed by atoms with Crippen LogP contribution in [-0.4, -0.2) is 36.9 Å². The molecule has 4 rings (SSSR count). The van der Waals surface area contributed by atoms with Crippen molar-refractivity contribution in [2.24, 2.45) is 0 Å². The molecule has 1 atom stereocenters. The number of amides is 1. The lowest BCUT2D eigenvalue weighted by Crippen LogP contribution is -2.35. The molecule has 1 saturated heterocycles. The maximum absolute atomic E-state index is 12.0. The number of fused-ring (bicyclic) bond motifs is 1. The smallest absolute Gasteiger partial charge is 0.258 e. The summed E-state index contributed by atoms with van der Waals surface area (Å²) in [5.74, 6) is 0.503. The van der Waals surface area contributed by atoms with Crippen LogP contribution in [0.15, 0.2) is 60.7 Å². The molecule has 1 aliphatic heterocycles. The molecule has 0 bridgehead atoms. The van der Waals surface area contributed by atoms with E-state index in [1.807, 2.05) is 42.5 Å². The van der Waals surface area contributed by atoms with Gasteiger partial charge in [0.25, 0.3) is 5.91 Å². The fourth-order valence-corrected chi connectivity index (χ4v) is 3.65. The highest BCUT2D eigenvalue weighted by Crippen LogP contribution is 2.29. The van der Waals surface area contributed by atoms with Gasteiger partial charge >= 0.3 is 0 Å². The zero-order valence-electron chi connectivity index (χ0n) is 16.3. The first-order valence-corrected chi connectivity index (χ1v) is 9.97. The second-order valence-corrected chi connectivity index (χ2v) is 7.27. The minimum Gasteiger partial charge on any atom is -0.484 e. The fourth-order valence-electron chi connectivity index (χ4n) is 3.65. The number of ether oxygens (including phenoxy) is 2. The second kappa shape index (κ2) is 9.07. The third-order valence-corrected chi connectivity index (χ3v) is 5.23. The Bertz CT molecular complexity index is 995. The Morgan fingerprint density at radius 3 is 2.79 bits per heavy atom. The zero-order chi connectivity index (χ0) is 20.1. The molecule has 3 aromatic rings. The Kier molecular flexibility index (Phi) is 6.08. The van der Waals surface area contributed by atoms with Gasteiger partial charge in [-0.05, 0) is 58.5 Å². The first-order valence-electron chi connectivity index (χ1n) is 9.97. The molecule has 0 radical (unpaired) electrons. The molecule has 1 aliphatic rings. The molecule has 1 unspecified atom stereocenters. The number of nitrogens with one attached hydrogen (secondary N) is 1. The third kappa shape index (κ3) is 4.75. The van der Waals surface area contributed by atoms with Gasteiger partial charge in [0.05, 0.1) is 12.7 Å². The van der Waals surface area contributed by atoms with Crippen LogP contribution in [0.5, 0.6) is 5.75 Å². The molecule has 3 aromatic carbocycles. The number of aliphatic hydroxyl groups is 1. The van der Waals surface area contributed by atoms with Crippen LogP contribution in [0.3, 0.4) is 0 Å². The van der Waals surface area contributed by atoms with Crippen molar-refractivity contribution in [2.45, 2.75) is 25.6 Å². The van der Waals surface area contributed by atoms with Crippen molar-refractivity contribution in [3.8, 4) is 16.9 Å². The van der Waals surface area contributed by atoms with Gasteiger partial charge in [-0.1, -0.05) is 42.5 Å². The van der Waals surface area contributed by atoms with Crippen molar-refractivity contribution >= 4 is 16.7 Å². The Morgan fingerprint density at radius 2 is 1.97 bits per heavy atom. The Morgan fingerprint density at radius 1 is 1.10 bits per heavy atom. The van der Waals surface area contributed by atoms with Crippen molar-refractivity contribution in [1.29, 1.82) is 0 Å². The fraction of sp³-hybridized carbons (Fsp3) is 0.292. The molecule has 2 N–H and O–H groups in total. The van der Waals surface area contributed by atoms with Crippen molar-refractivity contribution in [3.05, 3.63) is 66.2 Å². The van der Waals surface area contributed by atoms with Gasteiger partial charge in [-0.2, -0.15) is 0 Å². The van der Waals surface area contributed by atoms with E-state index >= 15 is 0 Å². The molecule has 1 fully saturated rings. The van der Waals surface area contributed by atoms with E-state index in [2.05, 4.69) is 23.5 Å². The van der Waals surface area contributed by atoms with Gasteiger partial charge in [-0.25, -0.2) is 0 Å². The van der Waals surface area contributed by atoms with E-state index in [4.69, 9.17) is 9.47 Å². The van der Waals surface area contributed by atoms with Crippen LogP contribution in [0.4, 0.5) is 0 Å². The minimum atomic E-state index is -0.147. The summed E-state index contributed by atoms with van der Waals surface area (Å²) in [7, 11) is 0. The van der Waals surface area contributed by atoms with E-state index in [0.29, 0.717) is 12.3 Å². The van der Waals surface area contributed by atoms with Crippen molar-refractivity contribution in [2.75, 3.05) is 19.8 Å². The SMILES string of the molecule is O=C(COc1ccc2ccc(-c3ccccc3CO)cc2c1)NCC1CCCO1. The highest BCUT2D eigenvalue weighted by Gasteiger charge is 2.16. The largest absolute Gasteiger partial charge is 0.484 e. The molecular formula is C24H25NO4. The first kappa shape index (κ1) is 19.4. The lowest BCUT2D eigenvalue weighted by Gasteiger charge is -2.12. The van der Waals surface area contributed by atoms with Crippen molar-refractivity contribution in [3.63, 3.8) is 0 Å². The summed E-state index contributed by atoms with van der Waals surface area (Å²) < 4.78 is 11.2. The molecule has 29 heavy (non-hydrogen) atoms. The highest BCUT2D eigenvalue weighted by atomic mass is 16.5. The van der Waals surface area contributed by atoms with Crippen molar-refractivity contribution in [1.82, 2.24) is 5.32 Å². The Balaban J connectivity index is 1.44. The van der Waals surface area contributed by atoms with Crippen molar-refractivity contribution < 1.29 is 19.4 Å². The predicted octanol–water partition coefficient (Wildman–Crippen LogP) is 3.67. The van der Waals surface area contributed by atoms with E-state index in [1.54, 1.807) is 0 Å². The van der Waals surface area contributed by atoms with Gasteiger partial charge in [0.1, 0.15) is 5.75 Å². The number of carbonyl (C=O) groups excluding carboxylic acids is 1. The summed E-state index contributed by atoms with van der Waals surface area (Å²) in [6, 6.07) is 19.8. The molecule has 1 amide bonds. The lowest BCUT2D eigenvalue weighted by atomic mass is 9.97. The number of benzene rings is 3. The predicted molar refractivity (Wildman–Crippen MR) is 113 cm³/mol. The van der Waals surface area contributed by atoms with Gasteiger partial charge in [0.2, 0.25) is 0 Å². The average Bonchev–Trinajstić information content (AvgIpc) is 3.29. The van der Waals surface area contributed by atoms with Gasteiger partial charge < -0.3 is 19.9 Å². The summed E-state index contributed by atoms with van der Waals surface area (Å²) >= 11 is 0. The monoisotopic (exact) mass is 391 g/mol. The van der Waals surface area contributed by atoms with Gasteiger partial charge in [-0.15, -0.1) is 0 Å². The number of hydrogen-bond acceptors (Lipinski definition) is 4. The van der Waals surface area contributed by atoms with E-state index in [9.17, 15) is 9.90 Å². The molecule has 0 aliphatic carbocycles. The van der Waals surface area contributed by atoms with E-state index in [0.717, 1.165) is 46.9 Å². The molecule has 5 heteroatoms. The topological polar surface area (TPSA) is 67.8 Å². The standard InChI is InChI=1S/C24H25NO4/c26-15-19-4-1-2-6-23(19)18-8-7-17-9-10-21(13-20(17)12-18)29-16-24(27)25-14-22-5-3-11-28-22/h1-2,4,6-10,12-13,22,26H,3,5,11,14-16H2,(H,25,27). The van der Waals surface area contributed by atoms with Crippen LogP contribution in [0.25, 0.3) is 21.9 Å². The van der Waals surface area contributed by atoms with E-state index in [1.165, 1.54) is 0 Å². The molecule has 0 spiro atoms. The summed E-state index contributed by atoms with van der Waals surface area (Å²) in [6.07, 6.45) is 2.17. The molecular weight excluding hydrogens is 366 g/mol. The number of carbonyl (C=O) groups is 1. The van der Waals surface area contributed by atoms with Crippen LogP contribution < -0.4 is 10.1 Å². The van der Waals surface area contributed by atoms with Crippen LogP contribution >= 0.6 is 0 Å². The Labute approximate surface area is 170 Å². The number of aliphatic hydroxyl groups excluding tert-OH is 1. The normalized spacial score (nSPS) is 16.1. The zero-order valence-corrected chi connectivity index (χ0v) is 16.3. The molecule has 0 aromatic heterocycles. The summed E-state index contributed by atoms with van der Waals surface area (Å²) in [6.45, 7) is 1.29. The quantitative estimate of drug-likeness (QED) is 0.645. The van der Waals surface area contributed by atoms with E-state index in [-0.39, 0.29) is 25.2 Å². The molecule has 5 nitrogen and oxygen atoms in total. The number of rotatable bonds is 7. The lowest BCUT2D eigenvalue weighted by molar-refractivity contribution is -0.123. The van der Waals surface area contributed by atoms with Gasteiger partial charge in [-0.3, -0.25) is 4.79 Å². The van der Waals surface area contributed by atoms with Gasteiger partial charge in [0, 0.05) is 13.2 Å². The average molecular weight is 391 g/mol. The minimum absolute atomic E-state index is 0.00162. The summed E-state index contributed by atoms with van der Waals surface area (Å²) in [4.78, 5) is 12.0. The highest BCUT2D eigenvalue weighted by molar-refractivity contribution is 5.89. The molecule has 150 valence electrons. The van der Waals surface area contributed by atoms with Crippen LogP contribution in [0.2, 0.25) is 0 Å². The third-order valence-electron chi connectivity index (χ3n) is 5.23. The van der Waals surface area contributed by atoms with Gasteiger partial charge in [0.15, 0.2) is 6.61 Å². The maximum Gasteiger partial charge on any atom is 0.258 e.